The van der Waals surface area contributed by atoms with Crippen molar-refractivity contribution in [3.63, 3.8) is 0 Å². The van der Waals surface area contributed by atoms with Crippen molar-refractivity contribution in [2.24, 2.45) is 5.41 Å². The van der Waals surface area contributed by atoms with Crippen molar-refractivity contribution in [3.8, 4) is 0 Å². The molecule has 2 atom stereocenters. The molecule has 0 radical (unpaired) electrons. The third-order valence-corrected chi connectivity index (χ3v) is 4.18. The summed E-state index contributed by atoms with van der Waals surface area (Å²) in [5.74, 6) is 0. The zero-order valence-corrected chi connectivity index (χ0v) is 11.4. The Balaban J connectivity index is 2.49. The number of rotatable bonds is 6. The average molecular weight is 242 g/mol. The first-order valence-electron chi connectivity index (χ1n) is 5.77. The highest BCUT2D eigenvalue weighted by atomic mass is 32.1. The van der Waals surface area contributed by atoms with E-state index in [1.165, 1.54) is 4.88 Å². The Labute approximate surface area is 102 Å². The topological polar surface area (TPSA) is 45.1 Å². The van der Waals surface area contributed by atoms with E-state index >= 15 is 0 Å². The maximum atomic E-state index is 9.32. The first kappa shape index (κ1) is 13.6. The van der Waals surface area contributed by atoms with E-state index in [1.807, 2.05) is 6.20 Å². The van der Waals surface area contributed by atoms with Crippen molar-refractivity contribution in [3.05, 3.63) is 16.1 Å². The molecule has 1 aromatic heterocycles. The molecule has 1 heterocycles. The number of nitrogens with one attached hydrogen (secondary N) is 1. The lowest BCUT2D eigenvalue weighted by molar-refractivity contribution is 0.132. The highest BCUT2D eigenvalue weighted by Crippen LogP contribution is 2.22. The monoisotopic (exact) mass is 242 g/mol. The van der Waals surface area contributed by atoms with Gasteiger partial charge in [-0.2, -0.15) is 0 Å². The minimum atomic E-state index is -0.0272. The summed E-state index contributed by atoms with van der Waals surface area (Å²) in [5, 5.41) is 13.9. The zero-order valence-electron chi connectivity index (χ0n) is 10.6. The smallest absolute Gasteiger partial charge is 0.109 e. The van der Waals surface area contributed by atoms with Gasteiger partial charge in [0, 0.05) is 29.6 Å². The fourth-order valence-electron chi connectivity index (χ4n) is 1.35. The molecule has 0 spiro atoms. The van der Waals surface area contributed by atoms with Crippen LogP contribution in [0.4, 0.5) is 0 Å². The van der Waals surface area contributed by atoms with Crippen LogP contribution in [0.25, 0.3) is 0 Å². The minimum absolute atomic E-state index is 0.0272. The molecule has 1 rings (SSSR count). The molecular weight excluding hydrogens is 220 g/mol. The van der Waals surface area contributed by atoms with E-state index < -0.39 is 0 Å². The third-order valence-electron chi connectivity index (χ3n) is 3.08. The van der Waals surface area contributed by atoms with Crippen LogP contribution in [0.2, 0.25) is 0 Å². The molecule has 0 aliphatic rings. The number of nitrogens with zero attached hydrogens (tertiary/aromatic N) is 1. The van der Waals surface area contributed by atoms with Gasteiger partial charge in [-0.1, -0.05) is 13.8 Å². The van der Waals surface area contributed by atoms with E-state index in [1.54, 1.807) is 11.3 Å². The second kappa shape index (κ2) is 5.75. The zero-order chi connectivity index (χ0) is 12.2. The summed E-state index contributed by atoms with van der Waals surface area (Å²) in [5.41, 5.74) is -0.0272. The first-order chi connectivity index (χ1) is 7.50. The van der Waals surface area contributed by atoms with Crippen LogP contribution in [0.1, 0.15) is 43.1 Å². The van der Waals surface area contributed by atoms with Crippen LogP contribution in [-0.4, -0.2) is 23.2 Å². The van der Waals surface area contributed by atoms with Gasteiger partial charge in [0.15, 0.2) is 0 Å². The highest BCUT2D eigenvalue weighted by Gasteiger charge is 2.22. The van der Waals surface area contributed by atoms with E-state index in [4.69, 9.17) is 0 Å². The van der Waals surface area contributed by atoms with Crippen LogP contribution >= 0.6 is 11.3 Å². The van der Waals surface area contributed by atoms with E-state index in [2.05, 4.69) is 38.0 Å². The average Bonchev–Trinajstić information content (AvgIpc) is 2.72. The Bertz CT molecular complexity index is 321. The summed E-state index contributed by atoms with van der Waals surface area (Å²) in [6.45, 7) is 9.43. The van der Waals surface area contributed by atoms with Gasteiger partial charge in [0.1, 0.15) is 5.01 Å². The molecule has 0 aliphatic heterocycles. The van der Waals surface area contributed by atoms with Crippen molar-refractivity contribution < 1.29 is 5.11 Å². The number of aromatic nitrogens is 1. The molecule has 0 amide bonds. The summed E-state index contributed by atoms with van der Waals surface area (Å²) in [7, 11) is 0. The first-order valence-corrected chi connectivity index (χ1v) is 6.59. The Morgan fingerprint density at radius 1 is 1.62 bits per heavy atom. The van der Waals surface area contributed by atoms with Crippen molar-refractivity contribution in [1.29, 1.82) is 0 Å². The Hall–Kier alpha value is -0.450. The van der Waals surface area contributed by atoms with Gasteiger partial charge in [0.25, 0.3) is 0 Å². The summed E-state index contributed by atoms with van der Waals surface area (Å²) in [6.07, 6.45) is 2.88. The van der Waals surface area contributed by atoms with Crippen LogP contribution < -0.4 is 5.32 Å². The van der Waals surface area contributed by atoms with Gasteiger partial charge < -0.3 is 10.4 Å². The number of hydrogen-bond donors (Lipinski definition) is 2. The number of aliphatic hydroxyl groups is 1. The summed E-state index contributed by atoms with van der Waals surface area (Å²) >= 11 is 1.73. The molecule has 0 bridgehead atoms. The van der Waals surface area contributed by atoms with Crippen LogP contribution in [0.3, 0.4) is 0 Å². The summed E-state index contributed by atoms with van der Waals surface area (Å²) in [6, 6.07) is 0.260. The number of hydrogen-bond acceptors (Lipinski definition) is 4. The second-order valence-corrected chi connectivity index (χ2v) is 6.00. The molecule has 4 heteroatoms. The van der Waals surface area contributed by atoms with Crippen LogP contribution in [0, 0.1) is 12.3 Å². The molecule has 0 saturated carbocycles. The molecular formula is C12H22N2OS. The summed E-state index contributed by atoms with van der Waals surface area (Å²) < 4.78 is 0. The normalized spacial score (nSPS) is 17.1. The quantitative estimate of drug-likeness (QED) is 0.805. The third kappa shape index (κ3) is 3.54. The summed E-state index contributed by atoms with van der Waals surface area (Å²) in [4.78, 5) is 5.60. The maximum Gasteiger partial charge on any atom is 0.109 e. The van der Waals surface area contributed by atoms with Gasteiger partial charge in [-0.3, -0.25) is 0 Å². The number of aryl methyl sites for hydroxylation is 1. The molecule has 3 nitrogen and oxygen atoms in total. The molecule has 0 saturated heterocycles. The molecule has 16 heavy (non-hydrogen) atoms. The van der Waals surface area contributed by atoms with Gasteiger partial charge in [-0.05, 0) is 20.3 Å². The van der Waals surface area contributed by atoms with Crippen molar-refractivity contribution in [2.45, 2.75) is 40.2 Å². The maximum absolute atomic E-state index is 9.32. The van der Waals surface area contributed by atoms with Crippen LogP contribution in [-0.2, 0) is 0 Å². The lowest BCUT2D eigenvalue weighted by Crippen LogP contribution is -2.35. The van der Waals surface area contributed by atoms with Gasteiger partial charge in [0.05, 0.1) is 6.04 Å². The molecule has 2 N–H and O–H groups in total. The van der Waals surface area contributed by atoms with Crippen molar-refractivity contribution >= 4 is 11.3 Å². The number of thiazole rings is 1. The molecule has 0 aromatic carbocycles. The SMILES string of the molecule is CCC(C)(CO)CNC(C)c1ncc(C)s1. The van der Waals surface area contributed by atoms with Crippen LogP contribution in [0.15, 0.2) is 6.20 Å². The molecule has 0 aliphatic carbocycles. The van der Waals surface area contributed by atoms with E-state index in [0.717, 1.165) is 18.0 Å². The van der Waals surface area contributed by atoms with E-state index in [9.17, 15) is 5.11 Å². The molecule has 0 fully saturated rings. The van der Waals surface area contributed by atoms with Crippen molar-refractivity contribution in [1.82, 2.24) is 10.3 Å². The lowest BCUT2D eigenvalue weighted by atomic mass is 9.88. The fourth-order valence-corrected chi connectivity index (χ4v) is 2.15. The number of aliphatic hydroxyl groups excluding tert-OH is 1. The largest absolute Gasteiger partial charge is 0.396 e. The van der Waals surface area contributed by atoms with Gasteiger partial charge in [-0.25, -0.2) is 4.98 Å². The lowest BCUT2D eigenvalue weighted by Gasteiger charge is -2.27. The van der Waals surface area contributed by atoms with E-state index in [0.29, 0.717) is 0 Å². The standard InChI is InChI=1S/C12H22N2OS/c1-5-12(4,8-15)7-14-10(3)11-13-6-9(2)16-11/h6,10,14-15H,5,7-8H2,1-4H3. The molecule has 2 unspecified atom stereocenters. The van der Waals surface area contributed by atoms with Gasteiger partial charge >= 0.3 is 0 Å². The predicted octanol–water partition coefficient (Wildman–Crippen LogP) is 2.51. The Morgan fingerprint density at radius 3 is 2.75 bits per heavy atom. The predicted molar refractivity (Wildman–Crippen MR) is 68.8 cm³/mol. The Kier molecular flexibility index (Phi) is 4.89. The minimum Gasteiger partial charge on any atom is -0.396 e. The van der Waals surface area contributed by atoms with Crippen LogP contribution in [0.5, 0.6) is 0 Å². The molecule has 1 aromatic rings. The highest BCUT2D eigenvalue weighted by molar-refractivity contribution is 7.11. The van der Waals surface area contributed by atoms with Gasteiger partial charge in [-0.15, -0.1) is 11.3 Å². The Morgan fingerprint density at radius 2 is 2.31 bits per heavy atom. The van der Waals surface area contributed by atoms with E-state index in [-0.39, 0.29) is 18.1 Å². The fraction of sp³-hybridized carbons (Fsp3) is 0.750. The molecule has 92 valence electrons. The second-order valence-electron chi connectivity index (χ2n) is 4.73. The van der Waals surface area contributed by atoms with Crippen molar-refractivity contribution in [2.75, 3.05) is 13.2 Å². The van der Waals surface area contributed by atoms with Gasteiger partial charge in [0.2, 0.25) is 0 Å².